The maximum atomic E-state index is 12.2. The number of carbonyl (C=O) groups is 2. The molecule has 1 aromatic rings. The van der Waals surface area contributed by atoms with Gasteiger partial charge in [0, 0.05) is 0 Å². The van der Waals surface area contributed by atoms with Crippen molar-refractivity contribution in [3.05, 3.63) is 33.4 Å². The number of nitrogens with two attached hydrogens (primary N) is 1. The van der Waals surface area contributed by atoms with Gasteiger partial charge in [-0.3, -0.25) is 10.1 Å². The van der Waals surface area contributed by atoms with E-state index in [-0.39, 0.29) is 11.3 Å². The molecular formula is C13H16N2O6. The molecule has 0 atom stereocenters. The monoisotopic (exact) mass is 296 g/mol. The predicted molar refractivity (Wildman–Crippen MR) is 74.0 cm³/mol. The first-order chi connectivity index (χ1) is 9.58. The van der Waals surface area contributed by atoms with Crippen molar-refractivity contribution in [2.45, 2.75) is 26.4 Å². The Bertz CT molecular complexity index is 603. The highest BCUT2D eigenvalue weighted by atomic mass is 16.6. The van der Waals surface area contributed by atoms with Crippen molar-refractivity contribution in [3.8, 4) is 0 Å². The van der Waals surface area contributed by atoms with E-state index in [0.29, 0.717) is 0 Å². The molecule has 0 aromatic heterocycles. The smallest absolute Gasteiger partial charge is 0.346 e. The lowest BCUT2D eigenvalue weighted by Crippen LogP contribution is -2.26. The quantitative estimate of drug-likeness (QED) is 0.391. The fourth-order valence-electron chi connectivity index (χ4n) is 1.62. The predicted octanol–water partition coefficient (Wildman–Crippen LogP) is 1.92. The van der Waals surface area contributed by atoms with Crippen molar-refractivity contribution in [1.29, 1.82) is 0 Å². The Morgan fingerprint density at radius 1 is 1.24 bits per heavy atom. The molecule has 0 amide bonds. The Labute approximate surface area is 121 Å². The summed E-state index contributed by atoms with van der Waals surface area (Å²) in [4.78, 5) is 34.2. The third kappa shape index (κ3) is 3.68. The van der Waals surface area contributed by atoms with E-state index in [0.717, 1.165) is 13.2 Å². The van der Waals surface area contributed by atoms with Crippen LogP contribution in [0.4, 0.5) is 11.4 Å². The first-order valence-electron chi connectivity index (χ1n) is 5.97. The molecule has 0 saturated heterocycles. The number of esters is 2. The number of nitro benzene ring substituents is 1. The number of methoxy groups -OCH3 is 1. The second-order valence-electron chi connectivity index (χ2n) is 5.18. The zero-order valence-electron chi connectivity index (χ0n) is 12.1. The zero-order valence-corrected chi connectivity index (χ0v) is 12.1. The number of ether oxygens (including phenoxy) is 2. The summed E-state index contributed by atoms with van der Waals surface area (Å²) < 4.78 is 9.62. The van der Waals surface area contributed by atoms with E-state index in [1.807, 2.05) is 0 Å². The van der Waals surface area contributed by atoms with Crippen LogP contribution in [-0.4, -0.2) is 29.6 Å². The van der Waals surface area contributed by atoms with Crippen molar-refractivity contribution < 1.29 is 24.0 Å². The number of hydrogen-bond donors (Lipinski definition) is 1. The number of hydrogen-bond acceptors (Lipinski definition) is 7. The van der Waals surface area contributed by atoms with E-state index in [1.165, 1.54) is 6.07 Å². The minimum absolute atomic E-state index is 0.242. The molecule has 0 heterocycles. The van der Waals surface area contributed by atoms with Crippen molar-refractivity contribution in [2.75, 3.05) is 12.8 Å². The van der Waals surface area contributed by atoms with Crippen molar-refractivity contribution in [2.24, 2.45) is 0 Å². The van der Waals surface area contributed by atoms with E-state index in [1.54, 1.807) is 20.8 Å². The highest BCUT2D eigenvalue weighted by molar-refractivity contribution is 6.07. The molecule has 0 fully saturated rings. The first-order valence-corrected chi connectivity index (χ1v) is 5.97. The van der Waals surface area contributed by atoms with Crippen LogP contribution in [0.5, 0.6) is 0 Å². The topological polar surface area (TPSA) is 122 Å². The Morgan fingerprint density at radius 2 is 1.81 bits per heavy atom. The summed E-state index contributed by atoms with van der Waals surface area (Å²) in [5.74, 6) is -1.90. The number of rotatable bonds is 3. The van der Waals surface area contributed by atoms with E-state index in [9.17, 15) is 19.7 Å². The lowest BCUT2D eigenvalue weighted by Gasteiger charge is -2.20. The second kappa shape index (κ2) is 5.78. The Balaban J connectivity index is 3.57. The van der Waals surface area contributed by atoms with Crippen LogP contribution in [0.1, 0.15) is 41.5 Å². The molecule has 8 heteroatoms. The molecule has 0 aliphatic carbocycles. The highest BCUT2D eigenvalue weighted by Crippen LogP contribution is 2.31. The molecule has 0 aliphatic rings. The number of nitrogen functional groups attached to an aromatic ring is 1. The molecule has 0 aliphatic heterocycles. The van der Waals surface area contributed by atoms with Gasteiger partial charge in [0.2, 0.25) is 0 Å². The molecule has 0 unspecified atom stereocenters. The maximum absolute atomic E-state index is 12.2. The van der Waals surface area contributed by atoms with Crippen LogP contribution in [0.2, 0.25) is 0 Å². The summed E-state index contributed by atoms with van der Waals surface area (Å²) in [6, 6.07) is 2.35. The van der Waals surface area contributed by atoms with Gasteiger partial charge in [0.15, 0.2) is 5.56 Å². The summed E-state index contributed by atoms with van der Waals surface area (Å²) >= 11 is 0. The largest absolute Gasteiger partial charge is 0.465 e. The fraction of sp³-hybridized carbons (Fsp3) is 0.385. The zero-order chi connectivity index (χ0) is 16.4. The molecule has 2 N–H and O–H groups in total. The number of nitrogens with zero attached hydrogens (tertiary/aromatic N) is 1. The molecule has 0 radical (unpaired) electrons. The van der Waals surface area contributed by atoms with Crippen LogP contribution >= 0.6 is 0 Å². The van der Waals surface area contributed by atoms with Crippen LogP contribution in [0, 0.1) is 10.1 Å². The lowest BCUT2D eigenvalue weighted by atomic mass is 10.0. The van der Waals surface area contributed by atoms with Crippen LogP contribution in [0.25, 0.3) is 0 Å². The van der Waals surface area contributed by atoms with Crippen LogP contribution in [-0.2, 0) is 9.47 Å². The average molecular weight is 296 g/mol. The number of nitro groups is 1. The fourth-order valence-corrected chi connectivity index (χ4v) is 1.62. The van der Waals surface area contributed by atoms with Gasteiger partial charge in [-0.15, -0.1) is 0 Å². The molecule has 114 valence electrons. The molecule has 0 bridgehead atoms. The Morgan fingerprint density at radius 3 is 2.24 bits per heavy atom. The van der Waals surface area contributed by atoms with Gasteiger partial charge in [0.25, 0.3) is 0 Å². The third-order valence-corrected chi connectivity index (χ3v) is 2.40. The number of anilines is 1. The Hall–Kier alpha value is -2.64. The van der Waals surface area contributed by atoms with E-state index >= 15 is 0 Å². The standard InChI is InChI=1S/C13H16N2O6/c1-13(2,3)21-12(17)9-7(11(16)20-4)5-6-8(14)10(9)15(18)19/h5-6H,14H2,1-4H3. The molecule has 0 saturated carbocycles. The van der Waals surface area contributed by atoms with Gasteiger partial charge in [-0.05, 0) is 32.9 Å². The summed E-state index contributed by atoms with van der Waals surface area (Å²) in [6.07, 6.45) is 0. The average Bonchev–Trinajstić information content (AvgIpc) is 2.34. The maximum Gasteiger partial charge on any atom is 0.346 e. The van der Waals surface area contributed by atoms with Crippen molar-refractivity contribution in [1.82, 2.24) is 0 Å². The van der Waals surface area contributed by atoms with Gasteiger partial charge < -0.3 is 15.2 Å². The van der Waals surface area contributed by atoms with Gasteiger partial charge in [0.1, 0.15) is 11.3 Å². The van der Waals surface area contributed by atoms with Gasteiger partial charge in [-0.2, -0.15) is 0 Å². The third-order valence-electron chi connectivity index (χ3n) is 2.40. The molecule has 0 spiro atoms. The van der Waals surface area contributed by atoms with E-state index in [4.69, 9.17) is 10.5 Å². The number of benzene rings is 1. The second-order valence-corrected chi connectivity index (χ2v) is 5.18. The van der Waals surface area contributed by atoms with Crippen LogP contribution in [0.3, 0.4) is 0 Å². The first kappa shape index (κ1) is 16.4. The minimum atomic E-state index is -1.01. The Kier molecular flexibility index (Phi) is 4.52. The van der Waals surface area contributed by atoms with Crippen molar-refractivity contribution >= 4 is 23.3 Å². The molecule has 1 aromatic carbocycles. The van der Waals surface area contributed by atoms with Crippen molar-refractivity contribution in [3.63, 3.8) is 0 Å². The van der Waals surface area contributed by atoms with Crippen LogP contribution in [0.15, 0.2) is 12.1 Å². The molecular weight excluding hydrogens is 280 g/mol. The normalized spacial score (nSPS) is 10.9. The summed E-state index contributed by atoms with van der Waals surface area (Å²) in [7, 11) is 1.10. The summed E-state index contributed by atoms with van der Waals surface area (Å²) in [5, 5.41) is 11.1. The molecule has 1 rings (SSSR count). The summed E-state index contributed by atoms with van der Waals surface area (Å²) in [5.41, 5.74) is 2.95. The molecule has 8 nitrogen and oxygen atoms in total. The van der Waals surface area contributed by atoms with Gasteiger partial charge in [0.05, 0.1) is 17.6 Å². The summed E-state index contributed by atoms with van der Waals surface area (Å²) in [6.45, 7) is 4.79. The highest BCUT2D eigenvalue weighted by Gasteiger charge is 2.33. The van der Waals surface area contributed by atoms with E-state index in [2.05, 4.69) is 4.74 Å². The SMILES string of the molecule is COC(=O)c1ccc(N)c([N+](=O)[O-])c1C(=O)OC(C)(C)C. The molecule has 21 heavy (non-hydrogen) atoms. The number of carbonyl (C=O) groups excluding carboxylic acids is 2. The minimum Gasteiger partial charge on any atom is -0.465 e. The van der Waals surface area contributed by atoms with Gasteiger partial charge in [-0.1, -0.05) is 0 Å². The van der Waals surface area contributed by atoms with E-state index < -0.39 is 33.7 Å². The lowest BCUT2D eigenvalue weighted by molar-refractivity contribution is -0.384. The van der Waals surface area contributed by atoms with Crippen LogP contribution < -0.4 is 5.73 Å². The van der Waals surface area contributed by atoms with Gasteiger partial charge in [-0.25, -0.2) is 9.59 Å². The van der Waals surface area contributed by atoms with Gasteiger partial charge >= 0.3 is 17.6 Å².